The number of hydrogen-bond acceptors (Lipinski definition) is 5. The first-order valence-corrected chi connectivity index (χ1v) is 4.89. The Labute approximate surface area is 96.8 Å². The van der Waals surface area contributed by atoms with Gasteiger partial charge in [-0.25, -0.2) is 9.78 Å². The molecule has 2 heterocycles. The predicted octanol–water partition coefficient (Wildman–Crippen LogP) is 1.66. The number of hydrogen-bond donors (Lipinski definition) is 1. The van der Waals surface area contributed by atoms with Gasteiger partial charge in [-0.3, -0.25) is 0 Å². The number of carbonyl (C=O) groups is 1. The maximum Gasteiger partial charge on any atom is 0.354 e. The first-order valence-electron chi connectivity index (χ1n) is 4.89. The summed E-state index contributed by atoms with van der Waals surface area (Å²) in [4.78, 5) is 14.3. The molecule has 0 saturated heterocycles. The molecular formula is C11H10N2O4. The van der Waals surface area contributed by atoms with Crippen molar-refractivity contribution < 1.29 is 19.2 Å². The van der Waals surface area contributed by atoms with Crippen LogP contribution in [-0.4, -0.2) is 21.2 Å². The van der Waals surface area contributed by atoms with Crippen LogP contribution in [0.25, 0.3) is 0 Å². The lowest BCUT2D eigenvalue weighted by Crippen LogP contribution is -2.00. The fourth-order valence-corrected chi connectivity index (χ4v) is 1.23. The number of aromatic nitrogens is 2. The molecule has 0 bridgehead atoms. The highest BCUT2D eigenvalue weighted by Crippen LogP contribution is 2.12. The zero-order chi connectivity index (χ0) is 12.3. The number of aromatic carboxylic acids is 1. The number of nitrogens with zero attached hydrogens (tertiary/aromatic N) is 2. The van der Waals surface area contributed by atoms with Crippen LogP contribution in [0, 0.1) is 6.92 Å². The topological polar surface area (TPSA) is 85.5 Å². The van der Waals surface area contributed by atoms with Crippen LogP contribution < -0.4 is 4.74 Å². The zero-order valence-corrected chi connectivity index (χ0v) is 9.08. The second-order valence-corrected chi connectivity index (χ2v) is 3.41. The molecule has 2 rings (SSSR count). The molecule has 0 unspecified atom stereocenters. The van der Waals surface area contributed by atoms with Gasteiger partial charge in [-0.1, -0.05) is 5.16 Å². The van der Waals surface area contributed by atoms with E-state index in [1.807, 2.05) is 6.92 Å². The maximum atomic E-state index is 10.6. The van der Waals surface area contributed by atoms with Gasteiger partial charge in [0.05, 0.1) is 11.9 Å². The largest absolute Gasteiger partial charge is 0.484 e. The Morgan fingerprint density at radius 2 is 2.35 bits per heavy atom. The molecule has 2 aromatic rings. The molecule has 0 radical (unpaired) electrons. The summed E-state index contributed by atoms with van der Waals surface area (Å²) in [6.45, 7) is 2.05. The molecule has 1 N–H and O–H groups in total. The Balaban J connectivity index is 1.97. The Kier molecular flexibility index (Phi) is 3.04. The van der Waals surface area contributed by atoms with Gasteiger partial charge in [0.1, 0.15) is 18.1 Å². The van der Waals surface area contributed by atoms with E-state index in [1.165, 1.54) is 12.3 Å². The first kappa shape index (κ1) is 11.1. The quantitative estimate of drug-likeness (QED) is 0.865. The average molecular weight is 234 g/mol. The van der Waals surface area contributed by atoms with E-state index in [4.69, 9.17) is 14.4 Å². The molecule has 0 aliphatic heterocycles. The lowest BCUT2D eigenvalue weighted by molar-refractivity contribution is 0.0690. The third-order valence-electron chi connectivity index (χ3n) is 2.01. The van der Waals surface area contributed by atoms with E-state index in [9.17, 15) is 4.79 Å². The van der Waals surface area contributed by atoms with Crippen LogP contribution in [0.15, 0.2) is 28.9 Å². The van der Waals surface area contributed by atoms with Gasteiger partial charge in [-0.2, -0.15) is 0 Å². The van der Waals surface area contributed by atoms with E-state index in [2.05, 4.69) is 10.1 Å². The first-order chi connectivity index (χ1) is 8.15. The summed E-state index contributed by atoms with van der Waals surface area (Å²) in [5.74, 6) is 0.0104. The number of rotatable bonds is 4. The summed E-state index contributed by atoms with van der Waals surface area (Å²) in [7, 11) is 0. The van der Waals surface area contributed by atoms with Gasteiger partial charge in [0.2, 0.25) is 0 Å². The van der Waals surface area contributed by atoms with Crippen molar-refractivity contribution in [3.63, 3.8) is 0 Å². The SMILES string of the molecule is Cc1cc(COc2ccc(C(=O)O)nc2)on1. The molecule has 0 aromatic carbocycles. The minimum atomic E-state index is -1.07. The van der Waals surface area contributed by atoms with Gasteiger partial charge < -0.3 is 14.4 Å². The van der Waals surface area contributed by atoms with Crippen molar-refractivity contribution in [3.8, 4) is 5.75 Å². The van der Waals surface area contributed by atoms with E-state index in [-0.39, 0.29) is 12.3 Å². The summed E-state index contributed by atoms with van der Waals surface area (Å²) < 4.78 is 10.3. The minimum Gasteiger partial charge on any atom is -0.484 e. The summed E-state index contributed by atoms with van der Waals surface area (Å²) in [6, 6.07) is 4.68. The monoisotopic (exact) mass is 234 g/mol. The fourth-order valence-electron chi connectivity index (χ4n) is 1.23. The van der Waals surface area contributed by atoms with E-state index in [1.54, 1.807) is 12.1 Å². The lowest BCUT2D eigenvalue weighted by Gasteiger charge is -2.02. The third-order valence-corrected chi connectivity index (χ3v) is 2.01. The van der Waals surface area contributed by atoms with Gasteiger partial charge >= 0.3 is 5.97 Å². The van der Waals surface area contributed by atoms with Crippen LogP contribution in [0.2, 0.25) is 0 Å². The zero-order valence-electron chi connectivity index (χ0n) is 9.08. The number of carboxylic acids is 1. The van der Waals surface area contributed by atoms with Crippen molar-refractivity contribution in [1.82, 2.24) is 10.1 Å². The van der Waals surface area contributed by atoms with Crippen LogP contribution in [0.1, 0.15) is 21.9 Å². The highest BCUT2D eigenvalue weighted by molar-refractivity contribution is 5.85. The lowest BCUT2D eigenvalue weighted by atomic mass is 10.3. The minimum absolute atomic E-state index is 0.0205. The Hall–Kier alpha value is -2.37. The molecule has 88 valence electrons. The number of pyridine rings is 1. The fraction of sp³-hybridized carbons (Fsp3) is 0.182. The van der Waals surface area contributed by atoms with E-state index < -0.39 is 5.97 Å². The van der Waals surface area contributed by atoms with Crippen molar-refractivity contribution in [2.75, 3.05) is 0 Å². The van der Waals surface area contributed by atoms with Gasteiger partial charge in [0, 0.05) is 6.07 Å². The third kappa shape index (κ3) is 2.81. The highest BCUT2D eigenvalue weighted by Gasteiger charge is 2.05. The van der Waals surface area contributed by atoms with E-state index in [0.29, 0.717) is 11.5 Å². The van der Waals surface area contributed by atoms with E-state index in [0.717, 1.165) is 5.69 Å². The highest BCUT2D eigenvalue weighted by atomic mass is 16.5. The predicted molar refractivity (Wildman–Crippen MR) is 56.8 cm³/mol. The molecule has 17 heavy (non-hydrogen) atoms. The van der Waals surface area contributed by atoms with E-state index >= 15 is 0 Å². The Morgan fingerprint density at radius 3 is 2.88 bits per heavy atom. The van der Waals surface area contributed by atoms with Gasteiger partial charge in [0.25, 0.3) is 0 Å². The van der Waals surface area contributed by atoms with Crippen LogP contribution in [-0.2, 0) is 6.61 Å². The molecule has 0 fully saturated rings. The number of aryl methyl sites for hydroxylation is 1. The Morgan fingerprint density at radius 1 is 1.53 bits per heavy atom. The summed E-state index contributed by atoms with van der Waals surface area (Å²) in [5.41, 5.74) is 0.760. The van der Waals surface area contributed by atoms with Crippen molar-refractivity contribution in [3.05, 3.63) is 41.5 Å². The normalized spacial score (nSPS) is 10.2. The standard InChI is InChI=1S/C11H10N2O4/c1-7-4-9(17-13-7)6-16-8-2-3-10(11(14)15)12-5-8/h2-5H,6H2,1H3,(H,14,15). The van der Waals surface area contributed by atoms with Crippen LogP contribution >= 0.6 is 0 Å². The smallest absolute Gasteiger partial charge is 0.354 e. The van der Waals surface area contributed by atoms with Gasteiger partial charge in [-0.05, 0) is 19.1 Å². The summed E-state index contributed by atoms with van der Waals surface area (Å²) in [5, 5.41) is 12.4. The molecule has 6 heteroatoms. The van der Waals surface area contributed by atoms with Crippen molar-refractivity contribution in [2.45, 2.75) is 13.5 Å². The second kappa shape index (κ2) is 4.65. The molecule has 0 amide bonds. The van der Waals surface area contributed by atoms with Crippen molar-refractivity contribution in [1.29, 1.82) is 0 Å². The average Bonchev–Trinajstić information content (AvgIpc) is 2.73. The van der Waals surface area contributed by atoms with Gasteiger partial charge in [0.15, 0.2) is 5.76 Å². The molecule has 0 aliphatic rings. The van der Waals surface area contributed by atoms with Crippen LogP contribution in [0.4, 0.5) is 0 Å². The molecule has 0 atom stereocenters. The molecular weight excluding hydrogens is 224 g/mol. The van der Waals surface area contributed by atoms with Gasteiger partial charge in [-0.15, -0.1) is 0 Å². The van der Waals surface area contributed by atoms with Crippen molar-refractivity contribution in [2.24, 2.45) is 0 Å². The molecule has 2 aromatic heterocycles. The summed E-state index contributed by atoms with van der Waals surface area (Å²) >= 11 is 0. The number of ether oxygens (including phenoxy) is 1. The molecule has 0 saturated carbocycles. The van der Waals surface area contributed by atoms with Crippen LogP contribution in [0.3, 0.4) is 0 Å². The summed E-state index contributed by atoms with van der Waals surface area (Å²) in [6.07, 6.45) is 1.35. The molecule has 0 aliphatic carbocycles. The van der Waals surface area contributed by atoms with Crippen LogP contribution in [0.5, 0.6) is 5.75 Å². The molecule has 0 spiro atoms. The molecule has 6 nitrogen and oxygen atoms in total. The number of carboxylic acid groups (broad SMARTS) is 1. The maximum absolute atomic E-state index is 10.6. The van der Waals surface area contributed by atoms with Crippen molar-refractivity contribution >= 4 is 5.97 Å². The second-order valence-electron chi connectivity index (χ2n) is 3.41. The Bertz CT molecular complexity index is 519.